The van der Waals surface area contributed by atoms with E-state index in [-0.39, 0.29) is 114 Å². The average Bonchev–Trinajstić information content (AvgIpc) is 1.72. The zero-order chi connectivity index (χ0) is 87.7. The summed E-state index contributed by atoms with van der Waals surface area (Å²) in [4.78, 5) is 82.4. The summed E-state index contributed by atoms with van der Waals surface area (Å²) in [6.07, 6.45) is -5.29. The van der Waals surface area contributed by atoms with E-state index < -0.39 is 77.0 Å². The Hall–Kier alpha value is -13.2. The number of aliphatic carboxylic acids is 1. The van der Waals surface area contributed by atoms with Gasteiger partial charge in [-0.25, -0.2) is 23.6 Å². The van der Waals surface area contributed by atoms with Crippen LogP contribution < -0.4 is 39.7 Å². The highest BCUT2D eigenvalue weighted by atomic mass is 19.4. The van der Waals surface area contributed by atoms with Crippen molar-refractivity contribution in [3.63, 3.8) is 0 Å². The van der Waals surface area contributed by atoms with Gasteiger partial charge in [0.15, 0.2) is 0 Å². The number of carboxylic acids is 1. The molecule has 6 aliphatic rings. The van der Waals surface area contributed by atoms with Crippen LogP contribution in [0.25, 0.3) is 33.8 Å². The Bertz CT molecular complexity index is 5500. The third-order valence-electron chi connectivity index (χ3n) is 20.8. The van der Waals surface area contributed by atoms with Crippen LogP contribution in [0.1, 0.15) is 163 Å². The SMILES string of the molecule is C.CC#CC(=O)N1CC2(CC(n3nc(-c4cnn(Cc5cccc(C(F)(F)F)c5)c4)c(C(N)=O)c3N)C2)C1.CC#CC(=O)O.CC(C)(C)OC(=O)N1CC2(CC(n3nc(-c4cnn(Cc5cccc(C(F)(F)F)c5)c4)c(C(N)=O)c3N)C2)C1.NC(=O)c1c(-c2cnn(Cc3cccc(C(F)(F)F)c3)c2)nn(C2CC3(CNC3)C2)c1N.O=CC(F)(F)F. The lowest BCUT2D eigenvalue weighted by Gasteiger charge is -2.58. The minimum Gasteiger partial charge on any atom is -0.472 e. The summed E-state index contributed by atoms with van der Waals surface area (Å²) < 4.78 is 163. The number of nitrogen functional groups attached to an aromatic ring is 3. The van der Waals surface area contributed by atoms with Gasteiger partial charge in [-0.15, -0.1) is 0 Å². The van der Waals surface area contributed by atoms with E-state index in [1.165, 1.54) is 57.8 Å². The number of carbonyl (C=O) groups excluding carboxylic acids is 6. The number of carboxylic acid groups (broad SMARTS) is 1. The van der Waals surface area contributed by atoms with Crippen LogP contribution in [0.4, 0.5) is 74.9 Å². The second-order valence-electron chi connectivity index (χ2n) is 31.1. The maximum atomic E-state index is 13.1. The molecule has 6 fully saturated rings. The maximum absolute atomic E-state index is 13.1. The smallest absolute Gasteiger partial charge is 0.446 e. The predicted molar refractivity (Wildman–Crippen MR) is 414 cm³/mol. The Morgan fingerprint density at radius 1 is 0.512 bits per heavy atom. The molecule has 3 saturated carbocycles. The number of primary amides is 3. The van der Waals surface area contributed by atoms with Crippen molar-refractivity contribution in [3.8, 4) is 57.5 Å². The van der Waals surface area contributed by atoms with Crippen molar-refractivity contribution in [3.05, 3.63) is 160 Å². The molecule has 14 N–H and O–H groups in total. The quantitative estimate of drug-likeness (QED) is 0.0268. The van der Waals surface area contributed by atoms with E-state index >= 15 is 0 Å². The molecule has 121 heavy (non-hydrogen) atoms. The lowest BCUT2D eigenvalue weighted by atomic mass is 9.60. The van der Waals surface area contributed by atoms with Crippen molar-refractivity contribution in [1.82, 2.24) is 73.8 Å². The molecule has 0 unspecified atom stereocenters. The first-order chi connectivity index (χ1) is 56.1. The zero-order valence-electron chi connectivity index (χ0n) is 64.8. The number of ether oxygens (including phenoxy) is 1. The van der Waals surface area contributed by atoms with Crippen LogP contribution in [-0.2, 0) is 57.3 Å². The number of benzene rings is 3. The minimum absolute atomic E-state index is 0. The van der Waals surface area contributed by atoms with Crippen LogP contribution >= 0.6 is 0 Å². The third-order valence-corrected chi connectivity index (χ3v) is 20.8. The molecule has 3 aliphatic heterocycles. The van der Waals surface area contributed by atoms with E-state index in [0.29, 0.717) is 70.7 Å². The number of halogens is 12. The number of nitrogens with two attached hydrogens (primary N) is 6. The number of aromatic nitrogens is 12. The van der Waals surface area contributed by atoms with Crippen LogP contribution in [0.15, 0.2) is 110 Å². The fraction of sp³-hybridized carbons (Fsp3) is 0.405. The Morgan fingerprint density at radius 3 is 1.07 bits per heavy atom. The summed E-state index contributed by atoms with van der Waals surface area (Å²) in [6, 6.07) is 15.0. The summed E-state index contributed by atoms with van der Waals surface area (Å²) in [6.45, 7) is 13.2. The van der Waals surface area contributed by atoms with E-state index in [4.69, 9.17) is 49.0 Å². The highest BCUT2D eigenvalue weighted by molar-refractivity contribution is 6.05. The molecule has 15 rings (SSSR count). The minimum atomic E-state index is -4.64. The molecule has 3 spiro atoms. The van der Waals surface area contributed by atoms with Crippen LogP contribution in [0.2, 0.25) is 0 Å². The Kier molecular flexibility index (Phi) is 25.8. The molecule has 42 heteroatoms. The fourth-order valence-corrected chi connectivity index (χ4v) is 15.4. The molecule has 5 amide bonds. The molecule has 9 heterocycles. The summed E-state index contributed by atoms with van der Waals surface area (Å²) in [5.41, 5.74) is 37.1. The van der Waals surface area contributed by atoms with E-state index in [9.17, 15) is 81.5 Å². The fourth-order valence-electron chi connectivity index (χ4n) is 15.4. The number of nitrogens with zero attached hydrogens (tertiary/aromatic N) is 14. The van der Waals surface area contributed by atoms with Gasteiger partial charge >= 0.3 is 36.8 Å². The van der Waals surface area contributed by atoms with Crippen molar-refractivity contribution in [2.75, 3.05) is 56.5 Å². The highest BCUT2D eigenvalue weighted by Gasteiger charge is 2.57. The first-order valence-corrected chi connectivity index (χ1v) is 36.8. The number of alkyl halides is 12. The lowest BCUT2D eigenvalue weighted by molar-refractivity contribution is -0.156. The molecule has 6 aromatic heterocycles. The summed E-state index contributed by atoms with van der Waals surface area (Å²) >= 11 is 0. The molecular formula is C79H85F12N21O9. The zero-order valence-corrected chi connectivity index (χ0v) is 64.8. The van der Waals surface area contributed by atoms with Gasteiger partial charge in [0.1, 0.15) is 56.8 Å². The lowest BCUT2D eigenvalue weighted by Crippen LogP contribution is -2.64. The van der Waals surface area contributed by atoms with Gasteiger partial charge in [0.05, 0.1) is 73.0 Å². The maximum Gasteiger partial charge on any atom is 0.446 e. The van der Waals surface area contributed by atoms with E-state index in [2.05, 4.69) is 53.7 Å². The van der Waals surface area contributed by atoms with Gasteiger partial charge in [0, 0.05) is 91.3 Å². The van der Waals surface area contributed by atoms with Crippen molar-refractivity contribution in [2.24, 2.45) is 33.4 Å². The van der Waals surface area contributed by atoms with Crippen LogP contribution in [0.5, 0.6) is 0 Å². The number of likely N-dealkylation sites (tertiary alicyclic amines) is 2. The normalized spacial score (nSPS) is 16.6. The Labute approximate surface area is 682 Å². The molecule has 3 saturated heterocycles. The number of aldehydes is 1. The largest absolute Gasteiger partial charge is 0.472 e. The monoisotopic (exact) mass is 1700 g/mol. The molecule has 0 bridgehead atoms. The van der Waals surface area contributed by atoms with Crippen molar-refractivity contribution >= 4 is 59.4 Å². The second kappa shape index (κ2) is 34.7. The van der Waals surface area contributed by atoms with Crippen molar-refractivity contribution < 1.29 is 96.1 Å². The van der Waals surface area contributed by atoms with Gasteiger partial charge in [0.2, 0.25) is 6.29 Å². The number of anilines is 3. The molecule has 644 valence electrons. The Balaban J connectivity index is 0.000000178. The standard InChI is InChI=1S/C26H30F3N7O3.C25H24F3N7O2.C21H22F3N7O.C4H4O2.C2HF3O.CH4/c1-24(2,3)39-23(38)34-13-25(14-34)8-18(9-25)36-21(30)19(22(31)37)20(33-36)16-10-32-35(12-16)11-15-5-4-6-17(7-15)26(27,28)29;1-2-4-19(36)33-13-24(14-33)8-18(9-24)35-22(29)20(23(30)37)21(32-35)16-10-31-34(12-16)11-15-5-3-6-17(7-15)25(26,27)28;22-21(23,24)14-3-1-2-12(4-14)8-30-9-13(7-28-30)17-16(19(26)32)18(25)31(29-17)15-5-20(6-15)10-27-11-20;1-2-3-4(5)6;3-2(4,5)1-6;/h4-7,10,12,18H,8-9,11,13-14,30H2,1-3H3,(H2,31,37);3,5-7,10,12,18H,8-9,11,13-14,29H2,1H3,(H2,30,37);1-4,7,9,15,27H,5-6,8,10-11,25H2,(H2,26,32);1H3,(H,5,6);1H;1H4. The summed E-state index contributed by atoms with van der Waals surface area (Å²) in [7, 11) is 0. The van der Waals surface area contributed by atoms with Crippen molar-refractivity contribution in [2.45, 2.75) is 149 Å². The average molecular weight is 1700 g/mol. The van der Waals surface area contributed by atoms with Gasteiger partial charge < -0.3 is 59.4 Å². The second-order valence-corrected chi connectivity index (χ2v) is 31.1. The molecular weight excluding hydrogens is 1610 g/mol. The van der Waals surface area contributed by atoms with Gasteiger partial charge in [-0.3, -0.25) is 38.0 Å². The molecule has 9 aromatic rings. The van der Waals surface area contributed by atoms with E-state index in [1.807, 2.05) is 26.7 Å². The first kappa shape index (κ1) is 90.2. The van der Waals surface area contributed by atoms with Gasteiger partial charge in [0.25, 0.3) is 23.6 Å². The van der Waals surface area contributed by atoms with Crippen molar-refractivity contribution in [1.29, 1.82) is 0 Å². The predicted octanol–water partition coefficient (Wildman–Crippen LogP) is 10.6. The van der Waals surface area contributed by atoms with E-state index in [1.54, 1.807) is 67.6 Å². The topological polar surface area (TPSA) is 430 Å². The number of hydrogen-bond donors (Lipinski definition) is 8. The highest BCUT2D eigenvalue weighted by Crippen LogP contribution is 2.57. The molecule has 3 aliphatic carbocycles. The molecule has 0 radical (unpaired) electrons. The van der Waals surface area contributed by atoms with Crippen LogP contribution in [0, 0.1) is 39.9 Å². The van der Waals surface area contributed by atoms with E-state index in [0.717, 1.165) is 88.0 Å². The van der Waals surface area contributed by atoms with Gasteiger partial charge in [-0.1, -0.05) is 55.7 Å². The number of nitrogens with one attached hydrogen (secondary N) is 1. The third kappa shape index (κ3) is 20.8. The number of rotatable bonds is 15. The van der Waals surface area contributed by atoms with Gasteiger partial charge in [-0.2, -0.15) is 83.3 Å². The summed E-state index contributed by atoms with van der Waals surface area (Å²) in [5, 5.41) is 37.5. The summed E-state index contributed by atoms with van der Waals surface area (Å²) in [5.74, 6) is 6.35. The number of hydrogen-bond acceptors (Lipinski definition) is 18. The van der Waals surface area contributed by atoms with Crippen LogP contribution in [0.3, 0.4) is 0 Å². The van der Waals surface area contributed by atoms with Gasteiger partial charge in [-0.05, 0) is 138 Å². The number of carbonyl (C=O) groups is 7. The number of amides is 5. The van der Waals surface area contributed by atoms with Crippen LogP contribution in [-0.4, -0.2) is 167 Å². The first-order valence-electron chi connectivity index (χ1n) is 36.8. The molecule has 30 nitrogen and oxygen atoms in total. The molecule has 0 atom stereocenters. The molecule has 3 aromatic carbocycles. The Morgan fingerprint density at radius 2 is 0.818 bits per heavy atom.